The molecule has 0 amide bonds. The molecular weight excluding hydrogens is 457 g/mol. The zero-order valence-electron chi connectivity index (χ0n) is 18.4. The number of aryl methyl sites for hydroxylation is 2. The van der Waals surface area contributed by atoms with Crippen molar-refractivity contribution < 1.29 is 46.9 Å². The van der Waals surface area contributed by atoms with Crippen LogP contribution < -0.4 is 4.74 Å². The lowest BCUT2D eigenvalue weighted by Gasteiger charge is -2.28. The number of alkyl halides is 3. The van der Waals surface area contributed by atoms with E-state index in [-0.39, 0.29) is 34.8 Å². The van der Waals surface area contributed by atoms with Crippen molar-refractivity contribution in [2.45, 2.75) is 33.1 Å². The van der Waals surface area contributed by atoms with Gasteiger partial charge in [-0.2, -0.15) is 13.2 Å². The molecule has 1 aliphatic heterocycles. The number of hydrogen-bond acceptors (Lipinski definition) is 7. The van der Waals surface area contributed by atoms with E-state index in [9.17, 15) is 37.5 Å². The Labute approximate surface area is 192 Å². The fourth-order valence-corrected chi connectivity index (χ4v) is 3.21. The average molecular weight is 478 g/mol. The Morgan fingerprint density at radius 1 is 1.03 bits per heavy atom. The van der Waals surface area contributed by atoms with E-state index in [4.69, 9.17) is 4.74 Å². The van der Waals surface area contributed by atoms with E-state index in [1.807, 2.05) is 0 Å². The molecule has 7 nitrogen and oxygen atoms in total. The number of aldehydes is 3. The quantitative estimate of drug-likeness (QED) is 0.501. The van der Waals surface area contributed by atoms with Gasteiger partial charge in [0.15, 0.2) is 6.29 Å². The molecule has 34 heavy (non-hydrogen) atoms. The second-order valence-electron chi connectivity index (χ2n) is 7.24. The lowest BCUT2D eigenvalue weighted by Crippen LogP contribution is -2.41. The molecular formula is C24H21F3O7. The van der Waals surface area contributed by atoms with E-state index in [0.717, 1.165) is 6.08 Å². The summed E-state index contributed by atoms with van der Waals surface area (Å²) in [4.78, 5) is 43.3. The summed E-state index contributed by atoms with van der Waals surface area (Å²) in [6.45, 7) is 4.60. The second-order valence-corrected chi connectivity index (χ2v) is 7.24. The molecule has 2 aromatic rings. The first-order valence-corrected chi connectivity index (χ1v) is 9.92. The number of aromatic hydroxyl groups is 1. The van der Waals surface area contributed by atoms with Crippen LogP contribution in [0.2, 0.25) is 0 Å². The van der Waals surface area contributed by atoms with Gasteiger partial charge >= 0.3 is 12.1 Å². The minimum absolute atomic E-state index is 0.000901. The molecule has 0 fully saturated rings. The zero-order chi connectivity index (χ0) is 25.6. The van der Waals surface area contributed by atoms with Crippen LogP contribution in [0.1, 0.15) is 54.7 Å². The number of carbonyl (C=O) groups is 4. The third-order valence-corrected chi connectivity index (χ3v) is 4.71. The summed E-state index contributed by atoms with van der Waals surface area (Å²) in [5, 5.41) is 9.27. The van der Waals surface area contributed by atoms with Gasteiger partial charge in [0.2, 0.25) is 6.10 Å². The fraction of sp³-hybridized carbons (Fsp3) is 0.250. The highest BCUT2D eigenvalue weighted by Crippen LogP contribution is 2.39. The van der Waals surface area contributed by atoms with Gasteiger partial charge in [-0.3, -0.25) is 14.4 Å². The Hall–Kier alpha value is -3.95. The van der Waals surface area contributed by atoms with Crippen molar-refractivity contribution >= 4 is 30.9 Å². The summed E-state index contributed by atoms with van der Waals surface area (Å²) in [6, 6.07) is 5.65. The van der Waals surface area contributed by atoms with Gasteiger partial charge in [0, 0.05) is 16.7 Å². The number of benzene rings is 2. The lowest BCUT2D eigenvalue weighted by atomic mass is 9.97. The number of fused-ring (bicyclic) bond motifs is 1. The van der Waals surface area contributed by atoms with Crippen molar-refractivity contribution in [3.05, 3.63) is 63.2 Å². The van der Waals surface area contributed by atoms with Crippen LogP contribution in [0.5, 0.6) is 11.5 Å². The molecule has 0 aromatic heterocycles. The number of rotatable bonds is 5. The molecule has 0 saturated heterocycles. The van der Waals surface area contributed by atoms with Crippen molar-refractivity contribution in [2.24, 2.45) is 0 Å². The number of ether oxygens (including phenoxy) is 2. The van der Waals surface area contributed by atoms with Gasteiger partial charge in [0.1, 0.15) is 24.1 Å². The molecule has 1 aliphatic rings. The van der Waals surface area contributed by atoms with E-state index < -0.39 is 23.8 Å². The first-order chi connectivity index (χ1) is 16.0. The summed E-state index contributed by atoms with van der Waals surface area (Å²) in [6.07, 6.45) is -4.35. The first kappa shape index (κ1) is 26.3. The molecule has 3 rings (SSSR count). The molecule has 1 atom stereocenters. The summed E-state index contributed by atoms with van der Waals surface area (Å²) in [5.41, 5.74) is 1.35. The maximum atomic E-state index is 13.1. The SMILES string of the molecule is CCOC(=O)C1=Cc2cc(C=O)cc(C)c2OC1C(F)(F)F.Cc1cc(C=O)cc(C=O)c1O. The highest BCUT2D eigenvalue weighted by molar-refractivity contribution is 5.97. The van der Waals surface area contributed by atoms with E-state index in [0.29, 0.717) is 35.5 Å². The third-order valence-electron chi connectivity index (χ3n) is 4.71. The number of hydrogen-bond donors (Lipinski definition) is 1. The van der Waals surface area contributed by atoms with Crippen molar-refractivity contribution in [1.82, 2.24) is 0 Å². The van der Waals surface area contributed by atoms with E-state index in [2.05, 4.69) is 4.74 Å². The Kier molecular flexibility index (Phi) is 8.34. The van der Waals surface area contributed by atoms with E-state index >= 15 is 0 Å². The summed E-state index contributed by atoms with van der Waals surface area (Å²) in [5.74, 6) is -1.15. The molecule has 0 saturated carbocycles. The van der Waals surface area contributed by atoms with Gasteiger partial charge in [-0.05, 0) is 62.2 Å². The van der Waals surface area contributed by atoms with Gasteiger partial charge in [0.05, 0.1) is 17.7 Å². The van der Waals surface area contributed by atoms with Crippen molar-refractivity contribution in [3.63, 3.8) is 0 Å². The third kappa shape index (κ3) is 5.89. The van der Waals surface area contributed by atoms with Gasteiger partial charge in [-0.15, -0.1) is 0 Å². The molecule has 0 spiro atoms. The molecule has 1 heterocycles. The van der Waals surface area contributed by atoms with Crippen LogP contribution in [0, 0.1) is 13.8 Å². The zero-order valence-corrected chi connectivity index (χ0v) is 18.4. The second kappa shape index (κ2) is 10.8. The molecule has 180 valence electrons. The van der Waals surface area contributed by atoms with Crippen LogP contribution in [-0.4, -0.2) is 48.8 Å². The first-order valence-electron chi connectivity index (χ1n) is 9.92. The molecule has 1 N–H and O–H groups in total. The molecule has 0 radical (unpaired) electrons. The van der Waals surface area contributed by atoms with Crippen LogP contribution in [0.15, 0.2) is 29.8 Å². The van der Waals surface area contributed by atoms with Crippen LogP contribution in [-0.2, 0) is 9.53 Å². The minimum atomic E-state index is -4.76. The number of phenols is 1. The number of phenolic OH excluding ortho intramolecular Hbond substituents is 1. The Morgan fingerprint density at radius 2 is 1.62 bits per heavy atom. The molecule has 1 unspecified atom stereocenters. The average Bonchev–Trinajstić information content (AvgIpc) is 2.79. The topological polar surface area (TPSA) is 107 Å². The fourth-order valence-electron chi connectivity index (χ4n) is 3.21. The van der Waals surface area contributed by atoms with Gasteiger partial charge in [-0.25, -0.2) is 4.79 Å². The maximum Gasteiger partial charge on any atom is 0.430 e. The maximum absolute atomic E-state index is 13.1. The monoisotopic (exact) mass is 478 g/mol. The van der Waals surface area contributed by atoms with Gasteiger partial charge in [-0.1, -0.05) is 0 Å². The summed E-state index contributed by atoms with van der Waals surface area (Å²) in [7, 11) is 0. The van der Waals surface area contributed by atoms with Gasteiger partial charge < -0.3 is 14.6 Å². The van der Waals surface area contributed by atoms with Crippen LogP contribution in [0.25, 0.3) is 6.08 Å². The predicted octanol–water partition coefficient (Wildman–Crippen LogP) is 4.40. The highest BCUT2D eigenvalue weighted by Gasteiger charge is 2.49. The Morgan fingerprint density at radius 3 is 2.15 bits per heavy atom. The largest absolute Gasteiger partial charge is 0.507 e. The lowest BCUT2D eigenvalue weighted by molar-refractivity contribution is -0.188. The van der Waals surface area contributed by atoms with Gasteiger partial charge in [0.25, 0.3) is 0 Å². The van der Waals surface area contributed by atoms with E-state index in [1.54, 1.807) is 6.92 Å². The molecule has 0 bridgehead atoms. The van der Waals surface area contributed by atoms with Crippen LogP contribution in [0.4, 0.5) is 13.2 Å². The molecule has 10 heteroatoms. The van der Waals surface area contributed by atoms with Crippen molar-refractivity contribution in [2.75, 3.05) is 6.61 Å². The smallest absolute Gasteiger partial charge is 0.430 e. The van der Waals surface area contributed by atoms with Crippen LogP contribution in [0.3, 0.4) is 0 Å². The van der Waals surface area contributed by atoms with Crippen molar-refractivity contribution in [1.29, 1.82) is 0 Å². The molecule has 2 aromatic carbocycles. The highest BCUT2D eigenvalue weighted by atomic mass is 19.4. The van der Waals surface area contributed by atoms with Crippen molar-refractivity contribution in [3.8, 4) is 11.5 Å². The standard InChI is InChI=1S/C15H13F3O4.C9H8O3/c1-3-21-14(20)11-6-10-5-9(7-19)4-8(2)12(10)22-13(11)15(16,17)18;1-6-2-7(4-10)3-8(5-11)9(6)12/h4-7,13H,3H2,1-2H3;2-5,12H,1H3. The normalized spacial score (nSPS) is 14.4. The summed E-state index contributed by atoms with van der Waals surface area (Å²) >= 11 is 0. The van der Waals surface area contributed by atoms with E-state index in [1.165, 1.54) is 38.1 Å². The number of carbonyl (C=O) groups excluding carboxylic acids is 4. The number of halogens is 3. The minimum Gasteiger partial charge on any atom is -0.507 e. The predicted molar refractivity (Wildman–Crippen MR) is 115 cm³/mol. The molecule has 0 aliphatic carbocycles. The summed E-state index contributed by atoms with van der Waals surface area (Å²) < 4.78 is 49.0. The number of esters is 1. The Bertz CT molecular complexity index is 1150. The van der Waals surface area contributed by atoms with Crippen LogP contribution >= 0.6 is 0 Å². The Balaban J connectivity index is 0.000000287.